The molecule has 0 fully saturated rings. The van der Waals surface area contributed by atoms with Crippen molar-refractivity contribution in [3.05, 3.63) is 95.8 Å². The molecule has 1 heterocycles. The van der Waals surface area contributed by atoms with Gasteiger partial charge in [0.15, 0.2) is 0 Å². The van der Waals surface area contributed by atoms with Gasteiger partial charge in [-0.2, -0.15) is 5.10 Å². The molecule has 0 saturated carbocycles. The zero-order chi connectivity index (χ0) is 22.7. The van der Waals surface area contributed by atoms with E-state index in [1.165, 1.54) is 23.2 Å². The highest BCUT2D eigenvalue weighted by Crippen LogP contribution is 2.36. The number of nitrogens with one attached hydrogen (secondary N) is 1. The lowest BCUT2D eigenvalue weighted by molar-refractivity contribution is -0.132. The predicted molar refractivity (Wildman–Crippen MR) is 121 cm³/mol. The van der Waals surface area contributed by atoms with E-state index in [1.807, 2.05) is 0 Å². The first-order valence-electron chi connectivity index (χ1n) is 10.2. The van der Waals surface area contributed by atoms with Crippen molar-refractivity contribution < 1.29 is 17.6 Å². The second-order valence-electron chi connectivity index (χ2n) is 7.34. The Hall–Kier alpha value is -3.52. The third kappa shape index (κ3) is 4.27. The van der Waals surface area contributed by atoms with Gasteiger partial charge in [0.2, 0.25) is 5.91 Å². The number of rotatable bonds is 6. The highest BCUT2D eigenvalue weighted by Gasteiger charge is 2.34. The molecule has 0 bridgehead atoms. The molecule has 0 unspecified atom stereocenters. The lowest BCUT2D eigenvalue weighted by atomic mass is 9.97. The van der Waals surface area contributed by atoms with Crippen LogP contribution in [-0.4, -0.2) is 25.0 Å². The second kappa shape index (κ2) is 8.92. The molecule has 0 aromatic heterocycles. The van der Waals surface area contributed by atoms with Crippen LogP contribution in [0.25, 0.3) is 0 Å². The van der Waals surface area contributed by atoms with Crippen molar-refractivity contribution >= 4 is 27.3 Å². The van der Waals surface area contributed by atoms with Gasteiger partial charge >= 0.3 is 0 Å². The zero-order valence-electron chi connectivity index (χ0n) is 17.4. The van der Waals surface area contributed by atoms with E-state index in [9.17, 15) is 17.6 Å². The van der Waals surface area contributed by atoms with Crippen molar-refractivity contribution in [3.8, 4) is 0 Å². The van der Waals surface area contributed by atoms with E-state index in [-0.39, 0.29) is 23.6 Å². The lowest BCUT2D eigenvalue weighted by Gasteiger charge is -2.21. The van der Waals surface area contributed by atoms with Crippen LogP contribution in [0.4, 0.5) is 10.1 Å². The first-order valence-corrected chi connectivity index (χ1v) is 11.7. The van der Waals surface area contributed by atoms with Crippen molar-refractivity contribution in [2.75, 3.05) is 4.72 Å². The number of carbonyl (C=O) groups is 1. The molecule has 6 nitrogen and oxygen atoms in total. The first-order chi connectivity index (χ1) is 15.4. The molecule has 3 aromatic rings. The van der Waals surface area contributed by atoms with Gasteiger partial charge in [-0.15, -0.1) is 0 Å². The Morgan fingerprint density at radius 2 is 1.69 bits per heavy atom. The largest absolute Gasteiger partial charge is 0.279 e. The summed E-state index contributed by atoms with van der Waals surface area (Å²) in [5.41, 5.74) is 1.76. The van der Waals surface area contributed by atoms with E-state index in [4.69, 9.17) is 0 Å². The van der Waals surface area contributed by atoms with E-state index in [2.05, 4.69) is 9.82 Å². The number of nitrogens with zero attached hydrogens (tertiary/aromatic N) is 2. The maximum Gasteiger partial charge on any atom is 0.261 e. The van der Waals surface area contributed by atoms with Crippen LogP contribution in [0.15, 0.2) is 88.9 Å². The van der Waals surface area contributed by atoms with Gasteiger partial charge in [0.05, 0.1) is 22.3 Å². The van der Waals surface area contributed by atoms with Crippen molar-refractivity contribution in [2.24, 2.45) is 5.10 Å². The summed E-state index contributed by atoms with van der Waals surface area (Å²) in [6, 6.07) is 20.6. The average molecular weight is 452 g/mol. The standard InChI is InChI=1S/C24H22FN3O3S/c1-2-24(29)28-23(18-12-6-8-14-20(18)25)16-22(26-28)19-13-7-9-15-21(19)27-32(30,31)17-10-4-3-5-11-17/h3-15,23,27H,2,16H2,1H3/t23-/m1/s1. The van der Waals surface area contributed by atoms with E-state index < -0.39 is 21.9 Å². The Labute approximate surface area is 186 Å². The van der Waals surface area contributed by atoms with Crippen LogP contribution in [0.3, 0.4) is 0 Å². The number of carbonyl (C=O) groups excluding carboxylic acids is 1. The minimum absolute atomic E-state index is 0.134. The molecular formula is C24H22FN3O3S. The van der Waals surface area contributed by atoms with Gasteiger partial charge in [0.1, 0.15) is 5.82 Å². The number of anilines is 1. The Morgan fingerprint density at radius 1 is 1.03 bits per heavy atom. The van der Waals surface area contributed by atoms with Crippen LogP contribution in [0, 0.1) is 5.82 Å². The Morgan fingerprint density at radius 3 is 2.41 bits per heavy atom. The molecule has 1 amide bonds. The van der Waals surface area contributed by atoms with E-state index in [0.717, 1.165) is 0 Å². The summed E-state index contributed by atoms with van der Waals surface area (Å²) in [5.74, 6) is -0.656. The molecule has 0 saturated heterocycles. The maximum atomic E-state index is 14.5. The molecule has 1 N–H and O–H groups in total. The molecule has 1 atom stereocenters. The molecule has 0 aliphatic carbocycles. The minimum Gasteiger partial charge on any atom is -0.279 e. The highest BCUT2D eigenvalue weighted by atomic mass is 32.2. The molecule has 4 rings (SSSR count). The minimum atomic E-state index is -3.82. The molecular weight excluding hydrogens is 429 g/mol. The monoisotopic (exact) mass is 451 g/mol. The number of sulfonamides is 1. The fraction of sp³-hybridized carbons (Fsp3) is 0.167. The summed E-state index contributed by atoms with van der Waals surface area (Å²) in [4.78, 5) is 12.7. The van der Waals surface area contributed by atoms with Crippen molar-refractivity contribution in [1.82, 2.24) is 5.01 Å². The van der Waals surface area contributed by atoms with Crippen LogP contribution in [0.1, 0.15) is 36.9 Å². The molecule has 0 radical (unpaired) electrons. The molecule has 3 aromatic carbocycles. The third-order valence-electron chi connectivity index (χ3n) is 5.27. The van der Waals surface area contributed by atoms with Gasteiger partial charge in [0.25, 0.3) is 10.0 Å². The van der Waals surface area contributed by atoms with E-state index >= 15 is 0 Å². The van der Waals surface area contributed by atoms with E-state index in [0.29, 0.717) is 22.5 Å². The molecule has 0 spiro atoms. The van der Waals surface area contributed by atoms with Crippen molar-refractivity contribution in [3.63, 3.8) is 0 Å². The Kier molecular flexibility index (Phi) is 6.05. The number of hydrogen-bond acceptors (Lipinski definition) is 4. The Bertz CT molecular complexity index is 1280. The topological polar surface area (TPSA) is 78.8 Å². The van der Waals surface area contributed by atoms with Gasteiger partial charge in [0, 0.05) is 24.0 Å². The smallest absolute Gasteiger partial charge is 0.261 e. The molecule has 1 aliphatic heterocycles. The summed E-state index contributed by atoms with van der Waals surface area (Å²) >= 11 is 0. The van der Waals surface area contributed by atoms with Gasteiger partial charge < -0.3 is 0 Å². The number of para-hydroxylation sites is 1. The number of hydrazone groups is 1. The second-order valence-corrected chi connectivity index (χ2v) is 9.03. The summed E-state index contributed by atoms with van der Waals surface area (Å²) in [7, 11) is -3.82. The van der Waals surface area contributed by atoms with Gasteiger partial charge in [-0.1, -0.05) is 61.5 Å². The van der Waals surface area contributed by atoms with Crippen molar-refractivity contribution in [2.45, 2.75) is 30.7 Å². The van der Waals surface area contributed by atoms with Crippen LogP contribution >= 0.6 is 0 Å². The Balaban J connectivity index is 1.71. The summed E-state index contributed by atoms with van der Waals surface area (Å²) in [6.07, 6.45) is 0.473. The third-order valence-corrected chi connectivity index (χ3v) is 6.65. The molecule has 8 heteroatoms. The molecule has 32 heavy (non-hydrogen) atoms. The number of benzene rings is 3. The summed E-state index contributed by atoms with van der Waals surface area (Å²) in [5, 5.41) is 5.79. The quantitative estimate of drug-likeness (QED) is 0.589. The highest BCUT2D eigenvalue weighted by molar-refractivity contribution is 7.92. The first kappa shape index (κ1) is 21.7. The van der Waals surface area contributed by atoms with Gasteiger partial charge in [-0.05, 0) is 24.3 Å². The maximum absolute atomic E-state index is 14.5. The number of halogens is 1. The molecule has 164 valence electrons. The van der Waals surface area contributed by atoms with Crippen LogP contribution < -0.4 is 4.72 Å². The van der Waals surface area contributed by atoms with Crippen LogP contribution in [0.5, 0.6) is 0 Å². The lowest BCUT2D eigenvalue weighted by Crippen LogP contribution is -2.26. The molecule has 1 aliphatic rings. The summed E-state index contributed by atoms with van der Waals surface area (Å²) < 4.78 is 42.8. The van der Waals surface area contributed by atoms with Gasteiger partial charge in [-0.3, -0.25) is 9.52 Å². The predicted octanol–water partition coefficient (Wildman–Crippen LogP) is 4.71. The average Bonchev–Trinajstić information content (AvgIpc) is 3.24. The van der Waals surface area contributed by atoms with Gasteiger partial charge in [-0.25, -0.2) is 17.8 Å². The summed E-state index contributed by atoms with van der Waals surface area (Å²) in [6.45, 7) is 1.72. The number of hydrogen-bond donors (Lipinski definition) is 1. The zero-order valence-corrected chi connectivity index (χ0v) is 18.2. The van der Waals surface area contributed by atoms with Crippen LogP contribution in [-0.2, 0) is 14.8 Å². The SMILES string of the molecule is CCC(=O)N1N=C(c2ccccc2NS(=O)(=O)c2ccccc2)C[C@@H]1c1ccccc1F. The van der Waals surface area contributed by atoms with Crippen molar-refractivity contribution in [1.29, 1.82) is 0 Å². The van der Waals surface area contributed by atoms with Crippen LogP contribution in [0.2, 0.25) is 0 Å². The normalized spacial score (nSPS) is 16.0. The number of amides is 1. The fourth-order valence-corrected chi connectivity index (χ4v) is 4.78. The van der Waals surface area contributed by atoms with E-state index in [1.54, 1.807) is 67.6 Å². The fourth-order valence-electron chi connectivity index (χ4n) is 3.68.